The van der Waals surface area contributed by atoms with Gasteiger partial charge in [-0.05, 0) is 43.6 Å². The summed E-state index contributed by atoms with van der Waals surface area (Å²) in [5, 5.41) is 13.6. The Morgan fingerprint density at radius 2 is 2.06 bits per heavy atom. The number of aliphatic hydroxyl groups is 1. The number of benzene rings is 1. The van der Waals surface area contributed by atoms with Gasteiger partial charge in [0, 0.05) is 6.42 Å². The van der Waals surface area contributed by atoms with E-state index >= 15 is 0 Å². The third kappa shape index (κ3) is 2.73. The molecule has 2 nitrogen and oxygen atoms in total. The first-order valence-corrected chi connectivity index (χ1v) is 5.84. The topological polar surface area (TPSA) is 32.3 Å². The van der Waals surface area contributed by atoms with E-state index in [1.165, 1.54) is 6.07 Å². The van der Waals surface area contributed by atoms with E-state index in [2.05, 4.69) is 5.32 Å². The molecule has 1 aromatic carbocycles. The first-order valence-electron chi connectivity index (χ1n) is 5.46. The summed E-state index contributed by atoms with van der Waals surface area (Å²) >= 11 is 5.71. The van der Waals surface area contributed by atoms with Gasteiger partial charge in [0.25, 0.3) is 0 Å². The van der Waals surface area contributed by atoms with Crippen molar-refractivity contribution in [2.24, 2.45) is 0 Å². The maximum Gasteiger partial charge on any atom is 0.141 e. The number of piperidine rings is 1. The normalized spacial score (nSPS) is 19.7. The largest absolute Gasteiger partial charge is 0.389 e. The molecule has 0 aromatic heterocycles. The van der Waals surface area contributed by atoms with Crippen LogP contribution in [0.3, 0.4) is 0 Å². The molecule has 0 bridgehead atoms. The monoisotopic (exact) mass is 243 g/mol. The molecule has 0 aliphatic carbocycles. The van der Waals surface area contributed by atoms with Crippen LogP contribution < -0.4 is 5.32 Å². The van der Waals surface area contributed by atoms with Crippen molar-refractivity contribution in [1.29, 1.82) is 0 Å². The molecule has 1 saturated heterocycles. The molecule has 0 radical (unpaired) electrons. The molecule has 0 saturated carbocycles. The second-order valence-corrected chi connectivity index (χ2v) is 4.81. The number of nitrogens with one attached hydrogen (secondary N) is 1. The Hall–Kier alpha value is -0.640. The Morgan fingerprint density at radius 3 is 2.69 bits per heavy atom. The predicted molar refractivity (Wildman–Crippen MR) is 62.2 cm³/mol. The zero-order valence-corrected chi connectivity index (χ0v) is 9.73. The van der Waals surface area contributed by atoms with Gasteiger partial charge in [-0.1, -0.05) is 17.7 Å². The van der Waals surface area contributed by atoms with Gasteiger partial charge in [0.05, 0.1) is 10.6 Å². The van der Waals surface area contributed by atoms with Gasteiger partial charge in [-0.2, -0.15) is 0 Å². The number of rotatable bonds is 2. The number of halogens is 2. The molecule has 2 N–H and O–H groups in total. The van der Waals surface area contributed by atoms with Crippen LogP contribution in [0.1, 0.15) is 18.4 Å². The minimum absolute atomic E-state index is 0.120. The van der Waals surface area contributed by atoms with Gasteiger partial charge in [0.2, 0.25) is 0 Å². The fourth-order valence-corrected chi connectivity index (χ4v) is 2.30. The van der Waals surface area contributed by atoms with Crippen molar-refractivity contribution in [2.45, 2.75) is 24.9 Å². The predicted octanol–water partition coefficient (Wildman–Crippen LogP) is 2.14. The fraction of sp³-hybridized carbons (Fsp3) is 0.500. The Labute approximate surface area is 99.4 Å². The van der Waals surface area contributed by atoms with Crippen molar-refractivity contribution in [2.75, 3.05) is 13.1 Å². The molecule has 88 valence electrons. The molecule has 2 rings (SSSR count). The van der Waals surface area contributed by atoms with Crippen LogP contribution in [0.4, 0.5) is 4.39 Å². The van der Waals surface area contributed by atoms with Gasteiger partial charge in [0.15, 0.2) is 0 Å². The molecule has 0 unspecified atom stereocenters. The van der Waals surface area contributed by atoms with Crippen LogP contribution in [0, 0.1) is 5.82 Å². The summed E-state index contributed by atoms with van der Waals surface area (Å²) in [7, 11) is 0. The highest BCUT2D eigenvalue weighted by molar-refractivity contribution is 6.30. The second kappa shape index (κ2) is 4.70. The summed E-state index contributed by atoms with van der Waals surface area (Å²) in [6.45, 7) is 1.65. The van der Waals surface area contributed by atoms with E-state index < -0.39 is 11.4 Å². The maximum atomic E-state index is 13.0. The van der Waals surface area contributed by atoms with E-state index in [1.807, 2.05) is 0 Å². The standard InChI is InChI=1S/C12H15ClFNO/c13-10-7-9(1-2-11(10)14)8-12(16)3-5-15-6-4-12/h1-2,7,15-16H,3-6,8H2. The fourth-order valence-electron chi connectivity index (χ4n) is 2.10. The summed E-state index contributed by atoms with van der Waals surface area (Å²) < 4.78 is 13.0. The minimum atomic E-state index is -0.674. The molecule has 1 aromatic rings. The molecule has 1 heterocycles. The van der Waals surface area contributed by atoms with E-state index in [4.69, 9.17) is 11.6 Å². The lowest BCUT2D eigenvalue weighted by Crippen LogP contribution is -2.43. The Morgan fingerprint density at radius 1 is 1.38 bits per heavy atom. The zero-order chi connectivity index (χ0) is 11.6. The smallest absolute Gasteiger partial charge is 0.141 e. The van der Waals surface area contributed by atoms with Crippen molar-refractivity contribution in [3.8, 4) is 0 Å². The van der Waals surface area contributed by atoms with Gasteiger partial charge in [-0.25, -0.2) is 4.39 Å². The Balaban J connectivity index is 2.10. The summed E-state index contributed by atoms with van der Waals surface area (Å²) in [6.07, 6.45) is 1.98. The maximum absolute atomic E-state index is 13.0. The SMILES string of the molecule is OC1(Cc2ccc(F)c(Cl)c2)CCNCC1. The molecule has 1 fully saturated rings. The molecule has 0 amide bonds. The third-order valence-electron chi connectivity index (χ3n) is 3.05. The molecular formula is C12H15ClFNO. The van der Waals surface area contributed by atoms with E-state index in [9.17, 15) is 9.50 Å². The molecule has 4 heteroatoms. The first kappa shape index (κ1) is 11.8. The third-order valence-corrected chi connectivity index (χ3v) is 3.34. The van der Waals surface area contributed by atoms with Gasteiger partial charge in [-0.3, -0.25) is 0 Å². The van der Waals surface area contributed by atoms with Crippen LogP contribution >= 0.6 is 11.6 Å². The molecule has 16 heavy (non-hydrogen) atoms. The van der Waals surface area contributed by atoms with Crippen molar-refractivity contribution in [3.05, 3.63) is 34.6 Å². The summed E-state index contributed by atoms with van der Waals surface area (Å²) in [4.78, 5) is 0. The van der Waals surface area contributed by atoms with E-state index in [-0.39, 0.29) is 5.02 Å². The van der Waals surface area contributed by atoms with Gasteiger partial charge < -0.3 is 10.4 Å². The van der Waals surface area contributed by atoms with Crippen LogP contribution in [0.5, 0.6) is 0 Å². The highest BCUT2D eigenvalue weighted by Crippen LogP contribution is 2.25. The summed E-state index contributed by atoms with van der Waals surface area (Å²) in [5.74, 6) is -0.414. The van der Waals surface area contributed by atoms with Gasteiger partial charge in [-0.15, -0.1) is 0 Å². The average molecular weight is 244 g/mol. The van der Waals surface area contributed by atoms with Gasteiger partial charge in [0.1, 0.15) is 5.82 Å². The molecule has 0 spiro atoms. The van der Waals surface area contributed by atoms with E-state index in [0.717, 1.165) is 31.5 Å². The lowest BCUT2D eigenvalue weighted by atomic mass is 9.86. The zero-order valence-electron chi connectivity index (χ0n) is 8.97. The van der Waals surface area contributed by atoms with Crippen LogP contribution in [-0.2, 0) is 6.42 Å². The second-order valence-electron chi connectivity index (χ2n) is 4.40. The van der Waals surface area contributed by atoms with Crippen LogP contribution in [0.15, 0.2) is 18.2 Å². The highest BCUT2D eigenvalue weighted by Gasteiger charge is 2.29. The van der Waals surface area contributed by atoms with Crippen molar-refractivity contribution in [3.63, 3.8) is 0 Å². The lowest BCUT2D eigenvalue weighted by Gasteiger charge is -2.32. The van der Waals surface area contributed by atoms with Crippen LogP contribution in [-0.4, -0.2) is 23.8 Å². The lowest BCUT2D eigenvalue weighted by molar-refractivity contribution is 0.0108. The van der Waals surface area contributed by atoms with Crippen LogP contribution in [0.25, 0.3) is 0 Å². The molecular weight excluding hydrogens is 229 g/mol. The first-order chi connectivity index (χ1) is 7.59. The molecule has 1 aliphatic rings. The van der Waals surface area contributed by atoms with Crippen molar-refractivity contribution >= 4 is 11.6 Å². The average Bonchev–Trinajstić information content (AvgIpc) is 2.24. The summed E-state index contributed by atoms with van der Waals surface area (Å²) in [6, 6.07) is 4.63. The number of hydrogen-bond acceptors (Lipinski definition) is 2. The Bertz CT molecular complexity index is 377. The van der Waals surface area contributed by atoms with Crippen LogP contribution in [0.2, 0.25) is 5.02 Å². The molecule has 0 atom stereocenters. The summed E-state index contributed by atoms with van der Waals surface area (Å²) in [5.41, 5.74) is 0.211. The Kier molecular flexibility index (Phi) is 3.47. The van der Waals surface area contributed by atoms with Crippen molar-refractivity contribution in [1.82, 2.24) is 5.32 Å². The van der Waals surface area contributed by atoms with E-state index in [1.54, 1.807) is 12.1 Å². The van der Waals surface area contributed by atoms with E-state index in [0.29, 0.717) is 6.42 Å². The van der Waals surface area contributed by atoms with Crippen molar-refractivity contribution < 1.29 is 9.50 Å². The van der Waals surface area contributed by atoms with Gasteiger partial charge >= 0.3 is 0 Å². The molecule has 1 aliphatic heterocycles. The minimum Gasteiger partial charge on any atom is -0.389 e. The quantitative estimate of drug-likeness (QED) is 0.834. The highest BCUT2D eigenvalue weighted by atomic mass is 35.5. The number of hydrogen-bond donors (Lipinski definition) is 2.